The van der Waals surface area contributed by atoms with Gasteiger partial charge in [0.1, 0.15) is 5.69 Å². The minimum Gasteiger partial charge on any atom is -0.489 e. The van der Waals surface area contributed by atoms with Crippen LogP contribution in [0.15, 0.2) is 23.2 Å². The van der Waals surface area contributed by atoms with E-state index in [2.05, 4.69) is 11.7 Å². The van der Waals surface area contributed by atoms with E-state index in [0.29, 0.717) is 24.5 Å². The first kappa shape index (κ1) is 11.6. The van der Waals surface area contributed by atoms with Crippen molar-refractivity contribution in [3.63, 3.8) is 0 Å². The number of hydrogen-bond acceptors (Lipinski definition) is 3. The predicted octanol–water partition coefficient (Wildman–Crippen LogP) is 2.54. The van der Waals surface area contributed by atoms with E-state index in [-0.39, 0.29) is 5.91 Å². The molecule has 1 saturated heterocycles. The Kier molecular flexibility index (Phi) is 3.42. The van der Waals surface area contributed by atoms with Crippen molar-refractivity contribution in [2.24, 2.45) is 4.99 Å². The van der Waals surface area contributed by atoms with Crippen LogP contribution in [0, 0.1) is 0 Å². The van der Waals surface area contributed by atoms with Crippen LogP contribution in [0.5, 0.6) is 5.75 Å². The molecule has 90 valence electrons. The first-order valence-corrected chi connectivity index (χ1v) is 5.80. The number of carbonyl (C=O) groups is 1. The summed E-state index contributed by atoms with van der Waals surface area (Å²) >= 11 is 0. The van der Waals surface area contributed by atoms with Crippen molar-refractivity contribution in [1.82, 2.24) is 0 Å². The largest absolute Gasteiger partial charge is 0.489 e. The van der Waals surface area contributed by atoms with Crippen LogP contribution in [0.4, 0.5) is 11.4 Å². The minimum atomic E-state index is 0.146. The highest BCUT2D eigenvalue weighted by molar-refractivity contribution is 5.97. The monoisotopic (exact) mass is 232 g/mol. The number of rotatable bonds is 4. The van der Waals surface area contributed by atoms with Gasteiger partial charge in [-0.1, -0.05) is 6.07 Å². The zero-order valence-corrected chi connectivity index (χ0v) is 9.98. The van der Waals surface area contributed by atoms with Crippen LogP contribution in [0.1, 0.15) is 19.8 Å². The highest BCUT2D eigenvalue weighted by Gasteiger charge is 2.25. The molecule has 0 aliphatic carbocycles. The van der Waals surface area contributed by atoms with Crippen LogP contribution in [0.3, 0.4) is 0 Å². The molecular formula is C13H16N2O2. The summed E-state index contributed by atoms with van der Waals surface area (Å²) in [6.45, 7) is 6.73. The van der Waals surface area contributed by atoms with Crippen molar-refractivity contribution in [3.05, 3.63) is 18.2 Å². The molecule has 0 spiro atoms. The second-order valence-electron chi connectivity index (χ2n) is 3.87. The summed E-state index contributed by atoms with van der Waals surface area (Å²) in [6, 6.07) is 5.60. The van der Waals surface area contributed by atoms with E-state index in [0.717, 1.165) is 18.7 Å². The first-order chi connectivity index (χ1) is 8.27. The van der Waals surface area contributed by atoms with Gasteiger partial charge in [0.05, 0.1) is 12.3 Å². The number of amides is 1. The van der Waals surface area contributed by atoms with Gasteiger partial charge in [-0.3, -0.25) is 9.79 Å². The molecule has 1 amide bonds. The second kappa shape index (κ2) is 4.99. The van der Waals surface area contributed by atoms with E-state index in [1.807, 2.05) is 25.1 Å². The molecule has 1 aliphatic heterocycles. The highest BCUT2D eigenvalue weighted by Crippen LogP contribution is 2.39. The third-order valence-electron chi connectivity index (χ3n) is 2.80. The highest BCUT2D eigenvalue weighted by atomic mass is 16.5. The lowest BCUT2D eigenvalue weighted by molar-refractivity contribution is -0.117. The topological polar surface area (TPSA) is 41.9 Å². The van der Waals surface area contributed by atoms with Crippen molar-refractivity contribution in [1.29, 1.82) is 0 Å². The summed E-state index contributed by atoms with van der Waals surface area (Å²) in [5.74, 6) is 0.799. The molecule has 0 saturated carbocycles. The maximum absolute atomic E-state index is 11.8. The minimum absolute atomic E-state index is 0.146. The average molecular weight is 232 g/mol. The van der Waals surface area contributed by atoms with Crippen LogP contribution in [0.25, 0.3) is 0 Å². The van der Waals surface area contributed by atoms with Crippen LogP contribution in [0.2, 0.25) is 0 Å². The van der Waals surface area contributed by atoms with Gasteiger partial charge in [-0.2, -0.15) is 0 Å². The van der Waals surface area contributed by atoms with Crippen molar-refractivity contribution < 1.29 is 9.53 Å². The third kappa shape index (κ3) is 2.16. The number of benzene rings is 1. The van der Waals surface area contributed by atoms with Crippen molar-refractivity contribution in [3.8, 4) is 5.75 Å². The SMILES string of the molecule is C=Nc1cccc(N2CCCC2=O)c1OCC. The molecule has 1 heterocycles. The molecule has 4 heteroatoms. The van der Waals surface area contributed by atoms with Crippen LogP contribution < -0.4 is 9.64 Å². The maximum atomic E-state index is 11.8. The number of para-hydroxylation sites is 1. The summed E-state index contributed by atoms with van der Waals surface area (Å²) in [7, 11) is 0. The Bertz CT molecular complexity index is 443. The molecular weight excluding hydrogens is 216 g/mol. The van der Waals surface area contributed by atoms with E-state index in [9.17, 15) is 4.79 Å². The number of ether oxygens (including phenoxy) is 1. The zero-order chi connectivity index (χ0) is 12.3. The second-order valence-corrected chi connectivity index (χ2v) is 3.87. The van der Waals surface area contributed by atoms with Gasteiger partial charge in [0.2, 0.25) is 5.91 Å². The van der Waals surface area contributed by atoms with Gasteiger partial charge in [0.15, 0.2) is 5.75 Å². The normalized spacial score (nSPS) is 15.1. The van der Waals surface area contributed by atoms with Gasteiger partial charge < -0.3 is 9.64 Å². The van der Waals surface area contributed by atoms with Crippen molar-refractivity contribution in [2.45, 2.75) is 19.8 Å². The molecule has 0 atom stereocenters. The van der Waals surface area contributed by atoms with Crippen LogP contribution >= 0.6 is 0 Å². The molecule has 0 bridgehead atoms. The van der Waals surface area contributed by atoms with Gasteiger partial charge >= 0.3 is 0 Å². The fourth-order valence-corrected chi connectivity index (χ4v) is 2.05. The predicted molar refractivity (Wildman–Crippen MR) is 68.4 cm³/mol. The molecule has 1 aromatic carbocycles. The van der Waals surface area contributed by atoms with Gasteiger partial charge in [-0.25, -0.2) is 0 Å². The summed E-state index contributed by atoms with van der Waals surface area (Å²) in [4.78, 5) is 17.5. The lowest BCUT2D eigenvalue weighted by Gasteiger charge is -2.20. The Morgan fingerprint density at radius 3 is 2.94 bits per heavy atom. The third-order valence-corrected chi connectivity index (χ3v) is 2.80. The molecule has 0 N–H and O–H groups in total. The lowest BCUT2D eigenvalue weighted by Crippen LogP contribution is -2.24. The fourth-order valence-electron chi connectivity index (χ4n) is 2.05. The molecule has 17 heavy (non-hydrogen) atoms. The molecule has 1 aromatic rings. The van der Waals surface area contributed by atoms with Gasteiger partial charge in [-0.05, 0) is 32.2 Å². The van der Waals surface area contributed by atoms with Gasteiger partial charge in [0, 0.05) is 13.0 Å². The Morgan fingerprint density at radius 1 is 1.53 bits per heavy atom. The summed E-state index contributed by atoms with van der Waals surface area (Å²) in [5.41, 5.74) is 1.49. The molecule has 0 radical (unpaired) electrons. The average Bonchev–Trinajstić information content (AvgIpc) is 2.76. The molecule has 1 fully saturated rings. The molecule has 4 nitrogen and oxygen atoms in total. The van der Waals surface area contributed by atoms with E-state index >= 15 is 0 Å². The number of anilines is 1. The quantitative estimate of drug-likeness (QED) is 0.748. The number of nitrogens with zero attached hydrogens (tertiary/aromatic N) is 2. The maximum Gasteiger partial charge on any atom is 0.227 e. The first-order valence-electron chi connectivity index (χ1n) is 5.80. The Labute approximate surface area is 101 Å². The standard InChI is InChI=1S/C13H16N2O2/c1-3-17-13-10(14-2)6-4-7-11(13)15-9-5-8-12(15)16/h4,6-7H,2-3,5,8-9H2,1H3. The summed E-state index contributed by atoms with van der Waals surface area (Å²) < 4.78 is 5.59. The van der Waals surface area contributed by atoms with E-state index < -0.39 is 0 Å². The Morgan fingerprint density at radius 2 is 2.35 bits per heavy atom. The molecule has 1 aliphatic rings. The van der Waals surface area contributed by atoms with Crippen molar-refractivity contribution in [2.75, 3.05) is 18.1 Å². The van der Waals surface area contributed by atoms with Crippen LogP contribution in [-0.4, -0.2) is 25.8 Å². The van der Waals surface area contributed by atoms with Gasteiger partial charge in [0.25, 0.3) is 0 Å². The smallest absolute Gasteiger partial charge is 0.227 e. The molecule has 0 unspecified atom stereocenters. The van der Waals surface area contributed by atoms with Crippen molar-refractivity contribution >= 4 is 24.0 Å². The summed E-state index contributed by atoms with van der Waals surface area (Å²) in [5, 5.41) is 0. The fraction of sp³-hybridized carbons (Fsp3) is 0.385. The molecule has 2 rings (SSSR count). The zero-order valence-electron chi connectivity index (χ0n) is 9.98. The van der Waals surface area contributed by atoms with Crippen LogP contribution in [-0.2, 0) is 4.79 Å². The summed E-state index contributed by atoms with van der Waals surface area (Å²) in [6.07, 6.45) is 1.51. The number of hydrogen-bond donors (Lipinski definition) is 0. The van der Waals surface area contributed by atoms with E-state index in [4.69, 9.17) is 4.74 Å². The number of aliphatic imine (C=N–C) groups is 1. The molecule has 0 aromatic heterocycles. The van der Waals surface area contributed by atoms with E-state index in [1.54, 1.807) is 4.90 Å². The Hall–Kier alpha value is -1.84. The van der Waals surface area contributed by atoms with Gasteiger partial charge in [-0.15, -0.1) is 0 Å². The lowest BCUT2D eigenvalue weighted by atomic mass is 10.2. The van der Waals surface area contributed by atoms with E-state index in [1.165, 1.54) is 0 Å². The Balaban J connectivity index is 2.44. The number of carbonyl (C=O) groups excluding carboxylic acids is 1.